The van der Waals surface area contributed by atoms with E-state index in [0.29, 0.717) is 0 Å². The van der Waals surface area contributed by atoms with E-state index < -0.39 is 13.0 Å². The summed E-state index contributed by atoms with van der Waals surface area (Å²) < 4.78 is -5.54. The predicted octanol–water partition coefficient (Wildman–Crippen LogP) is 5.21. The Bertz CT molecular complexity index is 248. The normalized spacial score (nSPS) is 29.5. The molecule has 0 unspecified atom stereocenters. The number of hydrogen-bond donors (Lipinski definition) is 0. The van der Waals surface area contributed by atoms with Crippen LogP contribution < -0.4 is 0 Å². The van der Waals surface area contributed by atoms with Crippen LogP contribution in [0.4, 0.5) is 0 Å². The molecule has 0 N–H and O–H groups in total. The number of alkyl halides is 6. The molecule has 0 nitrogen and oxygen atoms in total. The smallest absolute Gasteiger partial charge is 0.0940 e. The van der Waals surface area contributed by atoms with Gasteiger partial charge in [-0.05, 0) is 0 Å². The Hall–Kier alpha value is 2.06. The number of halogens is 8. The minimum Gasteiger partial charge on any atom is -0.0940 e. The molecule has 1 aliphatic rings. The molecule has 1 aliphatic carbocycles. The van der Waals surface area contributed by atoms with Crippen molar-refractivity contribution in [1.82, 2.24) is 0 Å². The minimum absolute atomic E-state index is 0.174. The van der Waals surface area contributed by atoms with Crippen LogP contribution in [0.5, 0.6) is 0 Å². The molecule has 0 aromatic heterocycles. The molecule has 0 atom stereocenters. The molecule has 0 aliphatic heterocycles. The average Bonchev–Trinajstić information content (AvgIpc) is 2.05. The topological polar surface area (TPSA) is 0 Å². The van der Waals surface area contributed by atoms with Gasteiger partial charge >= 0.3 is 0 Å². The van der Waals surface area contributed by atoms with Crippen molar-refractivity contribution in [3.63, 3.8) is 0 Å². The van der Waals surface area contributed by atoms with E-state index in [0.717, 1.165) is 0 Å². The van der Waals surface area contributed by atoms with Crippen molar-refractivity contribution in [2.45, 2.75) is 13.0 Å². The zero-order valence-corrected chi connectivity index (χ0v) is 11.6. The second-order valence-corrected chi connectivity index (χ2v) is 7.09. The van der Waals surface area contributed by atoms with Crippen LogP contribution in [0, 0.1) is 0 Å². The Morgan fingerprint density at radius 1 is 0.615 bits per heavy atom. The van der Waals surface area contributed by atoms with Crippen molar-refractivity contribution >= 4 is 92.8 Å². The molecular weight excluding hydrogens is 344 g/mol. The monoisotopic (exact) mass is 340 g/mol. The fourth-order valence-corrected chi connectivity index (χ4v) is 3.22. The lowest BCUT2D eigenvalue weighted by Crippen LogP contribution is -2.44. The second-order valence-electron chi connectivity index (χ2n) is 2.35. The number of rotatable bonds is 0. The van der Waals surface area contributed by atoms with E-state index in [4.69, 9.17) is 92.8 Å². The quantitative estimate of drug-likeness (QED) is 0.530. The largest absolute Gasteiger partial charge is 0.193 e. The van der Waals surface area contributed by atoms with Gasteiger partial charge in [0.05, 0.1) is 10.1 Å². The van der Waals surface area contributed by atoms with Gasteiger partial charge in [-0.15, -0.1) is 0 Å². The molecule has 0 amide bonds. The summed E-state index contributed by atoms with van der Waals surface area (Å²) in [5, 5.41) is -0.347. The Morgan fingerprint density at radius 2 is 0.846 bits per heavy atom. The van der Waals surface area contributed by atoms with Gasteiger partial charge in [0.2, 0.25) is 0 Å². The Morgan fingerprint density at radius 3 is 0.923 bits per heavy atom. The highest BCUT2D eigenvalue weighted by Gasteiger charge is 2.69. The first-order chi connectivity index (χ1) is 5.57. The van der Waals surface area contributed by atoms with Gasteiger partial charge in [0, 0.05) is 0 Å². The van der Waals surface area contributed by atoms with Gasteiger partial charge < -0.3 is 0 Å². The van der Waals surface area contributed by atoms with Gasteiger partial charge in [-0.25, -0.2) is 0 Å². The van der Waals surface area contributed by atoms with Crippen molar-refractivity contribution < 1.29 is 0 Å². The Kier molecular flexibility index (Phi) is 3.57. The van der Waals surface area contributed by atoms with E-state index in [-0.39, 0.29) is 10.1 Å². The molecule has 76 valence electrons. The molecule has 1 rings (SSSR count). The van der Waals surface area contributed by atoms with Crippen molar-refractivity contribution in [2.24, 2.45) is 0 Å². The molecule has 0 aromatic carbocycles. The average molecular weight is 344 g/mol. The van der Waals surface area contributed by atoms with E-state index >= 15 is 0 Å². The van der Waals surface area contributed by atoms with Crippen LogP contribution in [0.25, 0.3) is 0 Å². The Labute approximate surface area is 115 Å². The fourth-order valence-electron chi connectivity index (χ4n) is 0.749. The third-order valence-electron chi connectivity index (χ3n) is 1.53. The van der Waals surface area contributed by atoms with E-state index in [1.54, 1.807) is 0 Å². The molecule has 0 saturated carbocycles. The predicted molar refractivity (Wildman–Crippen MR) is 62.0 cm³/mol. The minimum atomic E-state index is -1.90. The summed E-state index contributed by atoms with van der Waals surface area (Å²) in [7, 11) is 0. The van der Waals surface area contributed by atoms with Crippen LogP contribution in [0.2, 0.25) is 0 Å². The van der Waals surface area contributed by atoms with E-state index in [2.05, 4.69) is 0 Å². The molecule has 8 heteroatoms. The highest BCUT2D eigenvalue weighted by atomic mass is 35.5. The summed E-state index contributed by atoms with van der Waals surface area (Å²) in [5.41, 5.74) is 0. The molecule has 13 heavy (non-hydrogen) atoms. The van der Waals surface area contributed by atoms with E-state index in [1.165, 1.54) is 0 Å². The third-order valence-corrected chi connectivity index (χ3v) is 6.76. The van der Waals surface area contributed by atoms with Gasteiger partial charge in [0.15, 0.2) is 13.0 Å². The standard InChI is InChI=1S/C5Cl8/c6-1-2(7)4(10,11)5(12,13)3(1,8)9. The molecule has 0 bridgehead atoms. The first kappa shape index (κ1) is 13.1. The maximum atomic E-state index is 5.77. The van der Waals surface area contributed by atoms with Crippen LogP contribution in [0.15, 0.2) is 10.1 Å². The van der Waals surface area contributed by atoms with E-state index in [9.17, 15) is 0 Å². The zero-order chi connectivity index (χ0) is 10.7. The molecule has 0 heterocycles. The molecular formula is C5Cl8. The zero-order valence-electron chi connectivity index (χ0n) is 5.52. The third kappa shape index (κ3) is 1.57. The SMILES string of the molecule is ClC1=C(Cl)C(Cl)(Cl)C(Cl)(Cl)C1(Cl)Cl. The summed E-state index contributed by atoms with van der Waals surface area (Å²) in [6.07, 6.45) is 0. The van der Waals surface area contributed by atoms with Gasteiger partial charge in [-0.1, -0.05) is 92.8 Å². The van der Waals surface area contributed by atoms with Crippen molar-refractivity contribution in [3.8, 4) is 0 Å². The lowest BCUT2D eigenvalue weighted by atomic mass is 10.3. The van der Waals surface area contributed by atoms with Gasteiger partial charge in [-0.3, -0.25) is 0 Å². The second kappa shape index (κ2) is 3.53. The van der Waals surface area contributed by atoms with Crippen LogP contribution in [-0.2, 0) is 0 Å². The van der Waals surface area contributed by atoms with Crippen molar-refractivity contribution in [3.05, 3.63) is 10.1 Å². The maximum absolute atomic E-state index is 5.77. The molecule has 0 radical (unpaired) electrons. The van der Waals surface area contributed by atoms with Crippen LogP contribution >= 0.6 is 92.8 Å². The van der Waals surface area contributed by atoms with Crippen LogP contribution in [0.1, 0.15) is 0 Å². The van der Waals surface area contributed by atoms with Crippen LogP contribution in [0.3, 0.4) is 0 Å². The highest BCUT2D eigenvalue weighted by Crippen LogP contribution is 2.67. The van der Waals surface area contributed by atoms with E-state index in [1.807, 2.05) is 0 Å². The molecule has 0 fully saturated rings. The lowest BCUT2D eigenvalue weighted by Gasteiger charge is -2.32. The van der Waals surface area contributed by atoms with Crippen molar-refractivity contribution in [2.75, 3.05) is 0 Å². The van der Waals surface area contributed by atoms with Gasteiger partial charge in [0.25, 0.3) is 0 Å². The highest BCUT2D eigenvalue weighted by molar-refractivity contribution is 6.76. The van der Waals surface area contributed by atoms with Crippen LogP contribution in [-0.4, -0.2) is 13.0 Å². The number of allylic oxidation sites excluding steroid dienone is 2. The summed E-state index contributed by atoms with van der Waals surface area (Å²) in [5.74, 6) is 0. The maximum Gasteiger partial charge on any atom is 0.193 e. The van der Waals surface area contributed by atoms with Crippen molar-refractivity contribution in [1.29, 1.82) is 0 Å². The first-order valence-corrected chi connectivity index (χ1v) is 5.79. The van der Waals surface area contributed by atoms with Gasteiger partial charge in [-0.2, -0.15) is 0 Å². The fraction of sp³-hybridized carbons (Fsp3) is 0.600. The lowest BCUT2D eigenvalue weighted by molar-refractivity contribution is 0.764. The Balaban J connectivity index is 3.39. The first-order valence-electron chi connectivity index (χ1n) is 2.76. The molecule has 0 aromatic rings. The molecule has 0 spiro atoms. The summed E-state index contributed by atoms with van der Waals surface area (Å²) in [4.78, 5) is 0. The number of hydrogen-bond acceptors (Lipinski definition) is 0. The summed E-state index contributed by atoms with van der Waals surface area (Å²) in [6.45, 7) is 0. The molecule has 0 saturated heterocycles. The van der Waals surface area contributed by atoms with Gasteiger partial charge in [0.1, 0.15) is 0 Å². The summed E-state index contributed by atoms with van der Waals surface area (Å²) >= 11 is 45.9. The summed E-state index contributed by atoms with van der Waals surface area (Å²) in [6, 6.07) is 0.